The highest BCUT2D eigenvalue weighted by molar-refractivity contribution is 7.90. The molecule has 1 atom stereocenters. The molecule has 0 aromatic heterocycles. The third-order valence-electron chi connectivity index (χ3n) is 6.12. The maximum atomic E-state index is 13.3. The Bertz CT molecular complexity index is 1260. The number of hydrogen-bond acceptors (Lipinski definition) is 4. The topological polar surface area (TPSA) is 72.5 Å². The average Bonchev–Trinajstić information content (AvgIpc) is 2.78. The minimum absolute atomic E-state index is 0.112. The van der Waals surface area contributed by atoms with E-state index in [-0.39, 0.29) is 4.90 Å². The highest BCUT2D eigenvalue weighted by Crippen LogP contribution is 2.40. The second-order valence-corrected chi connectivity index (χ2v) is 10.5. The van der Waals surface area contributed by atoms with Crippen LogP contribution < -0.4 is 9.46 Å². The van der Waals surface area contributed by atoms with E-state index in [1.807, 2.05) is 24.3 Å². The van der Waals surface area contributed by atoms with Crippen LogP contribution in [0.1, 0.15) is 49.3 Å². The van der Waals surface area contributed by atoms with E-state index < -0.39 is 21.8 Å². The molecule has 3 aromatic carbocycles. The zero-order chi connectivity index (χ0) is 22.9. The van der Waals surface area contributed by atoms with Gasteiger partial charge in [-0.2, -0.15) is 0 Å². The van der Waals surface area contributed by atoms with Gasteiger partial charge in [0.15, 0.2) is 0 Å². The molecular weight excluding hydrogens is 422 g/mol. The highest BCUT2D eigenvalue weighted by Gasteiger charge is 2.33. The molecule has 0 bridgehead atoms. The van der Waals surface area contributed by atoms with Crippen molar-refractivity contribution in [3.8, 4) is 5.75 Å². The average molecular weight is 452 g/mol. The van der Waals surface area contributed by atoms with E-state index in [1.54, 1.807) is 25.3 Å². The molecule has 0 heterocycles. The molecule has 0 radical (unpaired) electrons. The molecule has 3 aromatic rings. The van der Waals surface area contributed by atoms with Crippen molar-refractivity contribution >= 4 is 26.7 Å². The Kier molecular flexibility index (Phi) is 6.24. The van der Waals surface area contributed by atoms with Gasteiger partial charge in [0.25, 0.3) is 10.0 Å². The molecule has 0 spiro atoms. The SMILES string of the molecule is COc1ccc(CC(C)C)c2c1C(C(=O)NS(=O)(=O)c1cccc3ccccc13)CCC2. The summed E-state index contributed by atoms with van der Waals surface area (Å²) >= 11 is 0. The first kappa shape index (κ1) is 22.3. The van der Waals surface area contributed by atoms with Gasteiger partial charge < -0.3 is 4.74 Å². The van der Waals surface area contributed by atoms with Crippen LogP contribution in [-0.4, -0.2) is 21.4 Å². The number of nitrogens with one attached hydrogen (secondary N) is 1. The molecule has 0 fully saturated rings. The second kappa shape index (κ2) is 8.94. The normalized spacial score (nSPS) is 16.1. The number of ether oxygens (including phenoxy) is 1. The number of hydrogen-bond donors (Lipinski definition) is 1. The molecule has 6 heteroatoms. The van der Waals surface area contributed by atoms with Gasteiger partial charge in [0.1, 0.15) is 5.75 Å². The number of fused-ring (bicyclic) bond motifs is 2. The van der Waals surface area contributed by atoms with Crippen LogP contribution in [0.4, 0.5) is 0 Å². The summed E-state index contributed by atoms with van der Waals surface area (Å²) in [5.41, 5.74) is 3.18. The monoisotopic (exact) mass is 451 g/mol. The predicted octanol–water partition coefficient (Wildman–Crippen LogP) is 4.97. The number of carbonyl (C=O) groups excluding carboxylic acids is 1. The van der Waals surface area contributed by atoms with Crippen molar-refractivity contribution in [3.05, 3.63) is 71.3 Å². The van der Waals surface area contributed by atoms with Crippen LogP contribution in [-0.2, 0) is 27.7 Å². The van der Waals surface area contributed by atoms with Crippen LogP contribution in [0.25, 0.3) is 10.8 Å². The van der Waals surface area contributed by atoms with Crippen LogP contribution in [0.2, 0.25) is 0 Å². The Morgan fingerprint density at radius 2 is 1.84 bits per heavy atom. The smallest absolute Gasteiger partial charge is 0.264 e. The number of methoxy groups -OCH3 is 1. The third kappa shape index (κ3) is 4.24. The minimum atomic E-state index is -4.03. The molecule has 4 rings (SSSR count). The molecule has 168 valence electrons. The van der Waals surface area contributed by atoms with Gasteiger partial charge in [0, 0.05) is 10.9 Å². The summed E-state index contributed by atoms with van der Waals surface area (Å²) < 4.78 is 34.4. The van der Waals surface area contributed by atoms with Gasteiger partial charge in [-0.3, -0.25) is 4.79 Å². The van der Waals surface area contributed by atoms with E-state index in [9.17, 15) is 13.2 Å². The fraction of sp³-hybridized carbons (Fsp3) is 0.346. The molecule has 5 nitrogen and oxygen atoms in total. The lowest BCUT2D eigenvalue weighted by Gasteiger charge is -2.29. The molecule has 0 saturated heterocycles. The van der Waals surface area contributed by atoms with Crippen molar-refractivity contribution in [1.82, 2.24) is 4.72 Å². The first-order valence-electron chi connectivity index (χ1n) is 11.0. The Morgan fingerprint density at radius 1 is 1.09 bits per heavy atom. The van der Waals surface area contributed by atoms with Crippen molar-refractivity contribution in [2.75, 3.05) is 7.11 Å². The summed E-state index contributed by atoms with van der Waals surface area (Å²) in [7, 11) is -2.44. The second-order valence-electron chi connectivity index (χ2n) is 8.81. The summed E-state index contributed by atoms with van der Waals surface area (Å²) in [6.45, 7) is 4.33. The van der Waals surface area contributed by atoms with Gasteiger partial charge >= 0.3 is 0 Å². The Hall–Kier alpha value is -2.86. The summed E-state index contributed by atoms with van der Waals surface area (Å²) in [5.74, 6) is 0.0628. The lowest BCUT2D eigenvalue weighted by Crippen LogP contribution is -2.36. The van der Waals surface area contributed by atoms with Gasteiger partial charge in [0.05, 0.1) is 17.9 Å². The minimum Gasteiger partial charge on any atom is -0.496 e. The number of rotatable bonds is 6. The van der Waals surface area contributed by atoms with Crippen molar-refractivity contribution in [1.29, 1.82) is 0 Å². The van der Waals surface area contributed by atoms with E-state index >= 15 is 0 Å². The van der Waals surface area contributed by atoms with Crippen LogP contribution >= 0.6 is 0 Å². The van der Waals surface area contributed by atoms with Crippen molar-refractivity contribution in [2.45, 2.75) is 50.3 Å². The van der Waals surface area contributed by atoms with Gasteiger partial charge in [-0.25, -0.2) is 13.1 Å². The van der Waals surface area contributed by atoms with E-state index in [0.29, 0.717) is 23.5 Å². The molecule has 1 aliphatic rings. The van der Waals surface area contributed by atoms with Crippen molar-refractivity contribution in [2.24, 2.45) is 5.92 Å². The molecule has 1 N–H and O–H groups in total. The van der Waals surface area contributed by atoms with E-state index in [0.717, 1.165) is 35.8 Å². The number of amides is 1. The van der Waals surface area contributed by atoms with Crippen LogP contribution in [0, 0.1) is 5.92 Å². The maximum Gasteiger partial charge on any atom is 0.264 e. The summed E-state index contributed by atoms with van der Waals surface area (Å²) in [4.78, 5) is 13.5. The van der Waals surface area contributed by atoms with E-state index in [2.05, 4.69) is 24.6 Å². The number of sulfonamides is 1. The Morgan fingerprint density at radius 3 is 2.59 bits per heavy atom. The Balaban J connectivity index is 1.71. The van der Waals surface area contributed by atoms with E-state index in [4.69, 9.17) is 4.74 Å². The van der Waals surface area contributed by atoms with Crippen LogP contribution in [0.15, 0.2) is 59.5 Å². The van der Waals surface area contributed by atoms with Gasteiger partial charge in [-0.15, -0.1) is 0 Å². The summed E-state index contributed by atoms with van der Waals surface area (Å²) in [6, 6.07) is 16.3. The molecule has 1 unspecified atom stereocenters. The first-order chi connectivity index (χ1) is 15.3. The molecule has 0 saturated carbocycles. The highest BCUT2D eigenvalue weighted by atomic mass is 32.2. The van der Waals surface area contributed by atoms with Crippen LogP contribution in [0.5, 0.6) is 5.75 Å². The number of carbonyl (C=O) groups is 1. The standard InChI is InChI=1S/C26H29NO4S/c1-17(2)16-19-14-15-23(31-3)25-21(19)11-7-12-22(25)26(28)27-32(29,30)24-13-6-9-18-8-4-5-10-20(18)24/h4-6,8-10,13-15,17,22H,7,11-12,16H2,1-3H3,(H,27,28). The van der Waals surface area contributed by atoms with E-state index in [1.165, 1.54) is 11.6 Å². The number of benzene rings is 3. The summed E-state index contributed by atoms with van der Waals surface area (Å²) in [5, 5.41) is 1.40. The van der Waals surface area contributed by atoms with Crippen LogP contribution in [0.3, 0.4) is 0 Å². The lowest BCUT2D eigenvalue weighted by atomic mass is 9.78. The molecule has 0 aliphatic heterocycles. The lowest BCUT2D eigenvalue weighted by molar-refractivity contribution is -0.121. The Labute approximate surface area is 189 Å². The van der Waals surface area contributed by atoms with Gasteiger partial charge in [-0.05, 0) is 60.2 Å². The molecule has 1 aliphatic carbocycles. The largest absolute Gasteiger partial charge is 0.496 e. The molecule has 1 amide bonds. The first-order valence-corrected chi connectivity index (χ1v) is 12.5. The fourth-order valence-electron chi connectivity index (χ4n) is 4.75. The maximum absolute atomic E-state index is 13.3. The zero-order valence-corrected chi connectivity index (χ0v) is 19.5. The summed E-state index contributed by atoms with van der Waals surface area (Å²) in [6.07, 6.45) is 3.20. The molecule has 32 heavy (non-hydrogen) atoms. The molecular formula is C26H29NO4S. The predicted molar refractivity (Wildman–Crippen MR) is 126 cm³/mol. The zero-order valence-electron chi connectivity index (χ0n) is 18.7. The van der Waals surface area contributed by atoms with Crippen molar-refractivity contribution < 1.29 is 17.9 Å². The fourth-order valence-corrected chi connectivity index (χ4v) is 6.00. The van der Waals surface area contributed by atoms with Crippen molar-refractivity contribution in [3.63, 3.8) is 0 Å². The third-order valence-corrected chi connectivity index (χ3v) is 7.53. The quantitative estimate of drug-likeness (QED) is 0.574. The van der Waals surface area contributed by atoms with Gasteiger partial charge in [-0.1, -0.05) is 56.3 Å². The van der Waals surface area contributed by atoms with Gasteiger partial charge in [0.2, 0.25) is 5.91 Å².